The topological polar surface area (TPSA) is 198 Å². The molecule has 2 aliphatic rings. The maximum Gasteiger partial charge on any atom is 0.254 e. The van der Waals surface area contributed by atoms with E-state index in [-0.39, 0.29) is 60.4 Å². The Balaban J connectivity index is 0.000000195. The molecule has 348 valence electrons. The molecule has 2 unspecified atom stereocenters. The zero-order valence-electron chi connectivity index (χ0n) is 36.5. The molecule has 23 heteroatoms. The number of sulfonamides is 2. The van der Waals surface area contributed by atoms with E-state index < -0.39 is 20.0 Å². The molecule has 0 aliphatic carbocycles. The molecule has 0 spiro atoms. The van der Waals surface area contributed by atoms with Crippen molar-refractivity contribution in [2.45, 2.75) is 67.2 Å². The summed E-state index contributed by atoms with van der Waals surface area (Å²) in [6.07, 6.45) is 9.84. The monoisotopic (exact) mass is 970 g/mol. The molecule has 1 amide bonds. The first-order valence-electron chi connectivity index (χ1n) is 20.9. The van der Waals surface area contributed by atoms with Crippen LogP contribution in [0, 0.1) is 11.6 Å². The van der Waals surface area contributed by atoms with Crippen LogP contribution in [-0.2, 0) is 24.8 Å². The van der Waals surface area contributed by atoms with Crippen LogP contribution in [0.15, 0.2) is 94.4 Å². The highest BCUT2D eigenvalue weighted by molar-refractivity contribution is 7.91. The zero-order valence-corrected chi connectivity index (χ0v) is 39.8. The van der Waals surface area contributed by atoms with Crippen molar-refractivity contribution in [3.05, 3.63) is 120 Å². The largest absolute Gasteiger partial charge is 0.375 e. The van der Waals surface area contributed by atoms with Gasteiger partial charge in [-0.1, -0.05) is 46.9 Å². The Bertz CT molecular complexity index is 2760. The molecule has 2 saturated heterocycles. The molecule has 4 atom stereocenters. The van der Waals surface area contributed by atoms with Crippen LogP contribution in [0.25, 0.3) is 0 Å². The number of carbonyl (C=O) groups is 1. The van der Waals surface area contributed by atoms with E-state index in [1.165, 1.54) is 52.2 Å². The fourth-order valence-electron chi connectivity index (χ4n) is 8.00. The highest BCUT2D eigenvalue weighted by atomic mass is 32.3. The molecule has 4 aromatic heterocycles. The number of hydrogen-bond acceptors (Lipinski definition) is 14. The normalized spacial score (nSPS) is 17.8. The Morgan fingerprint density at radius 2 is 1.02 bits per heavy atom. The third-order valence-corrected chi connectivity index (χ3v) is 18.3. The predicted molar refractivity (Wildman–Crippen MR) is 245 cm³/mol. The van der Waals surface area contributed by atoms with Crippen molar-refractivity contribution in [3.8, 4) is 0 Å². The summed E-state index contributed by atoms with van der Waals surface area (Å²) in [4.78, 5) is 32.2. The number of carbonyl (C=O) groups excluding carboxylic acids is 1. The summed E-state index contributed by atoms with van der Waals surface area (Å²) >= 11 is 1.94. The number of hydrogen-bond donors (Lipinski definition) is 2. The second kappa shape index (κ2) is 20.2. The lowest BCUT2D eigenvalue weighted by atomic mass is 10.1. The first kappa shape index (κ1) is 47.9. The lowest BCUT2D eigenvalue weighted by Crippen LogP contribution is -2.49. The fourth-order valence-corrected chi connectivity index (χ4v) is 13.1. The summed E-state index contributed by atoms with van der Waals surface area (Å²) in [5.74, 6) is -0.828. The van der Waals surface area contributed by atoms with Crippen LogP contribution in [0.2, 0.25) is 0 Å². The lowest BCUT2D eigenvalue weighted by molar-refractivity contribution is -0.114. The fraction of sp³-hybridized carbons (Fsp3) is 0.405. The third kappa shape index (κ3) is 10.8. The van der Waals surface area contributed by atoms with Crippen molar-refractivity contribution in [2.24, 2.45) is 0 Å². The molecule has 3 N–H and O–H groups in total. The Kier molecular flexibility index (Phi) is 14.9. The van der Waals surface area contributed by atoms with Crippen LogP contribution in [-0.4, -0.2) is 123 Å². The van der Waals surface area contributed by atoms with Gasteiger partial charge in [0.05, 0.1) is 48.5 Å². The molecule has 2 aliphatic heterocycles. The number of halogens is 2. The van der Waals surface area contributed by atoms with E-state index in [2.05, 4.69) is 65.0 Å². The molecule has 0 saturated carbocycles. The highest BCUT2D eigenvalue weighted by Crippen LogP contribution is 2.32. The number of rotatable bonds is 13. The van der Waals surface area contributed by atoms with Crippen molar-refractivity contribution in [3.63, 3.8) is 0 Å². The number of piperazine rings is 2. The lowest BCUT2D eigenvalue weighted by Gasteiger charge is -2.37. The average Bonchev–Trinajstić information content (AvgIpc) is 4.15. The number of benzene rings is 2. The minimum absolute atomic E-state index is 0.000922. The average molecular weight is 971 g/mol. The van der Waals surface area contributed by atoms with Crippen LogP contribution >= 0.6 is 22.7 Å². The van der Waals surface area contributed by atoms with Crippen LogP contribution in [0.4, 0.5) is 19.0 Å². The second-order valence-electron chi connectivity index (χ2n) is 15.8. The number of nitrogen functional groups attached to an aromatic ring is 1. The van der Waals surface area contributed by atoms with Gasteiger partial charge in [0.15, 0.2) is 18.7 Å². The van der Waals surface area contributed by atoms with E-state index in [0.29, 0.717) is 52.4 Å². The number of thiazole rings is 2. The molecule has 6 heterocycles. The van der Waals surface area contributed by atoms with Gasteiger partial charge in [0, 0.05) is 83.8 Å². The van der Waals surface area contributed by atoms with Crippen molar-refractivity contribution in [1.82, 2.24) is 47.5 Å². The first-order chi connectivity index (χ1) is 30.9. The zero-order chi connectivity index (χ0) is 46.6. The standard InChI is InChI=1S/C22H27FN6O3S2.C20H25FN6O2S2/c1-15(18-4-6-19(23)7-5-18)29-14-24-12-20(29)16(2)27-8-10-28(11-9-27)34(31,32)21-13-25-22(33-21)26-17(3)30;1-14(16-3-5-17(21)6-4-16)27-13-23-11-18(27)15(2)25-7-9-26(10-8-25)31(28,29)19-12-24-20(22)30-19/h4-7,12-16H,8-11H2,1-3H3,(H,25,26,30);3-6,11-15H,7-10H2,1-2H3,(H2,22,24)/t15-,16?;14-,15?/m11/s1. The van der Waals surface area contributed by atoms with Gasteiger partial charge >= 0.3 is 0 Å². The van der Waals surface area contributed by atoms with Gasteiger partial charge in [0.25, 0.3) is 20.0 Å². The van der Waals surface area contributed by atoms with E-state index in [1.54, 1.807) is 36.9 Å². The number of aromatic nitrogens is 6. The van der Waals surface area contributed by atoms with Gasteiger partial charge in [-0.05, 0) is 63.1 Å². The molecule has 8 rings (SSSR count). The molecule has 2 aromatic carbocycles. The van der Waals surface area contributed by atoms with Gasteiger partial charge in [-0.15, -0.1) is 0 Å². The van der Waals surface area contributed by atoms with Crippen molar-refractivity contribution in [2.75, 3.05) is 63.4 Å². The Labute approximate surface area is 385 Å². The van der Waals surface area contributed by atoms with Gasteiger partial charge < -0.3 is 20.2 Å². The van der Waals surface area contributed by atoms with Crippen LogP contribution in [0.1, 0.15) is 81.3 Å². The molecular formula is C42H52F2N12O5S4. The molecular weight excluding hydrogens is 919 g/mol. The third-order valence-electron chi connectivity index (χ3n) is 11.9. The summed E-state index contributed by atoms with van der Waals surface area (Å²) in [5.41, 5.74) is 9.61. The number of imidazole rings is 2. The molecule has 2 fully saturated rings. The summed E-state index contributed by atoms with van der Waals surface area (Å²) in [5, 5.41) is 3.03. The summed E-state index contributed by atoms with van der Waals surface area (Å²) in [6, 6.07) is 13.0. The van der Waals surface area contributed by atoms with Gasteiger partial charge in [-0.25, -0.2) is 45.6 Å². The van der Waals surface area contributed by atoms with Crippen molar-refractivity contribution < 1.29 is 30.4 Å². The van der Waals surface area contributed by atoms with E-state index >= 15 is 0 Å². The molecule has 17 nitrogen and oxygen atoms in total. The molecule has 0 bridgehead atoms. The van der Waals surface area contributed by atoms with Crippen LogP contribution in [0.3, 0.4) is 0 Å². The van der Waals surface area contributed by atoms with Crippen molar-refractivity contribution >= 4 is 58.9 Å². The number of amides is 1. The van der Waals surface area contributed by atoms with Gasteiger partial charge in [0.2, 0.25) is 5.91 Å². The van der Waals surface area contributed by atoms with Crippen LogP contribution in [0.5, 0.6) is 0 Å². The molecule has 6 aromatic rings. The van der Waals surface area contributed by atoms with Crippen molar-refractivity contribution in [1.29, 1.82) is 0 Å². The smallest absolute Gasteiger partial charge is 0.254 e. The summed E-state index contributed by atoms with van der Waals surface area (Å²) in [6.45, 7) is 13.4. The summed E-state index contributed by atoms with van der Waals surface area (Å²) in [7, 11) is -7.25. The van der Waals surface area contributed by atoms with Gasteiger partial charge in [-0.3, -0.25) is 14.6 Å². The second-order valence-corrected chi connectivity index (χ2v) is 22.2. The van der Waals surface area contributed by atoms with Gasteiger partial charge in [0.1, 0.15) is 11.6 Å². The highest BCUT2D eigenvalue weighted by Gasteiger charge is 2.34. The van der Waals surface area contributed by atoms with Gasteiger partial charge in [-0.2, -0.15) is 8.61 Å². The van der Waals surface area contributed by atoms with E-state index in [1.807, 2.05) is 19.3 Å². The minimum Gasteiger partial charge on any atom is -0.375 e. The summed E-state index contributed by atoms with van der Waals surface area (Å²) < 4.78 is 85.7. The first-order valence-corrected chi connectivity index (χ1v) is 25.4. The van der Waals surface area contributed by atoms with Crippen LogP contribution < -0.4 is 11.1 Å². The Morgan fingerprint density at radius 1 is 0.615 bits per heavy atom. The number of nitrogens with zero attached hydrogens (tertiary/aromatic N) is 10. The molecule has 0 radical (unpaired) electrons. The van der Waals surface area contributed by atoms with E-state index in [4.69, 9.17) is 5.73 Å². The molecule has 65 heavy (non-hydrogen) atoms. The maximum absolute atomic E-state index is 13.3. The number of anilines is 2. The Hall–Kier alpha value is -5.01. The van der Waals surface area contributed by atoms with E-state index in [0.717, 1.165) is 45.2 Å². The predicted octanol–water partition coefficient (Wildman–Crippen LogP) is 5.85. The Morgan fingerprint density at radius 3 is 1.40 bits per heavy atom. The minimum atomic E-state index is -3.68. The quantitative estimate of drug-likeness (QED) is 0.140. The number of nitrogens with one attached hydrogen (secondary N) is 1. The number of nitrogens with two attached hydrogens (primary N) is 1. The van der Waals surface area contributed by atoms with E-state index in [9.17, 15) is 30.4 Å². The maximum atomic E-state index is 13.3. The SMILES string of the molecule is CC(=O)Nc1ncc(S(=O)(=O)N2CCN(C(C)c3cncn3[C@H](C)c3ccc(F)cc3)CC2)s1.CC(c1cncn1[C@H](C)c1ccc(F)cc1)N1CCN(S(=O)(=O)c2cnc(N)s2)CC1.